The van der Waals surface area contributed by atoms with Gasteiger partial charge in [0, 0.05) is 18.1 Å². The topological polar surface area (TPSA) is 26.3 Å². The van der Waals surface area contributed by atoms with Gasteiger partial charge < -0.3 is 4.74 Å². The van der Waals surface area contributed by atoms with Gasteiger partial charge in [0.15, 0.2) is 6.10 Å². The van der Waals surface area contributed by atoms with Crippen molar-refractivity contribution in [3.05, 3.63) is 44.8 Å². The molecule has 0 spiro atoms. The summed E-state index contributed by atoms with van der Waals surface area (Å²) >= 11 is 3.21. The molecule has 2 aromatic heterocycles. The van der Waals surface area contributed by atoms with Crippen LogP contribution < -0.4 is 0 Å². The van der Waals surface area contributed by atoms with Gasteiger partial charge in [-0.15, -0.1) is 0 Å². The van der Waals surface area contributed by atoms with Crippen LogP contribution in [0.2, 0.25) is 0 Å². The Morgan fingerprint density at radius 1 is 1.20 bits per heavy atom. The van der Waals surface area contributed by atoms with Gasteiger partial charge in [-0.3, -0.25) is 4.79 Å². The predicted molar refractivity (Wildman–Crippen MR) is 62.2 cm³/mol. The van der Waals surface area contributed by atoms with Crippen LogP contribution in [-0.4, -0.2) is 5.97 Å². The second kappa shape index (κ2) is 4.59. The molecular formula is C11H10O2S2. The van der Waals surface area contributed by atoms with Crippen molar-refractivity contribution in [2.45, 2.75) is 13.0 Å². The number of thiophene rings is 2. The molecule has 0 saturated carbocycles. The van der Waals surface area contributed by atoms with Crippen LogP contribution >= 0.6 is 22.7 Å². The number of esters is 1. The van der Waals surface area contributed by atoms with Crippen LogP contribution in [0.25, 0.3) is 0 Å². The molecule has 0 radical (unpaired) electrons. The highest BCUT2D eigenvalue weighted by atomic mass is 32.1. The van der Waals surface area contributed by atoms with E-state index in [9.17, 15) is 4.79 Å². The molecule has 15 heavy (non-hydrogen) atoms. The molecule has 4 heteroatoms. The third-order valence-electron chi connectivity index (χ3n) is 1.98. The minimum absolute atomic E-state index is 0.250. The lowest BCUT2D eigenvalue weighted by Crippen LogP contribution is -2.08. The zero-order chi connectivity index (χ0) is 10.7. The second-order valence-electron chi connectivity index (χ2n) is 3.10. The van der Waals surface area contributed by atoms with Crippen LogP contribution in [0.5, 0.6) is 0 Å². The van der Waals surface area contributed by atoms with E-state index in [0.717, 1.165) is 11.1 Å². The van der Waals surface area contributed by atoms with Crippen molar-refractivity contribution in [1.29, 1.82) is 0 Å². The Morgan fingerprint density at radius 3 is 2.07 bits per heavy atom. The number of rotatable bonds is 3. The summed E-state index contributed by atoms with van der Waals surface area (Å²) in [6.07, 6.45) is -0.250. The fourth-order valence-electron chi connectivity index (χ4n) is 1.34. The Labute approximate surface area is 96.1 Å². The molecule has 2 nitrogen and oxygen atoms in total. The van der Waals surface area contributed by atoms with Crippen LogP contribution in [0.4, 0.5) is 0 Å². The molecular weight excluding hydrogens is 228 g/mol. The summed E-state index contributed by atoms with van der Waals surface area (Å²) in [5, 5.41) is 7.98. The number of carbonyl (C=O) groups excluding carboxylic acids is 1. The average molecular weight is 238 g/mol. The maximum atomic E-state index is 11.0. The van der Waals surface area contributed by atoms with Gasteiger partial charge in [0.2, 0.25) is 0 Å². The molecule has 2 aromatic rings. The number of carbonyl (C=O) groups is 1. The number of hydrogen-bond donors (Lipinski definition) is 0. The van der Waals surface area contributed by atoms with E-state index in [1.54, 1.807) is 22.7 Å². The summed E-state index contributed by atoms with van der Waals surface area (Å²) in [6.45, 7) is 1.44. The molecule has 0 aromatic carbocycles. The van der Waals surface area contributed by atoms with Gasteiger partial charge in [-0.2, -0.15) is 22.7 Å². The van der Waals surface area contributed by atoms with Crippen LogP contribution in [0, 0.1) is 0 Å². The third-order valence-corrected chi connectivity index (χ3v) is 3.38. The Morgan fingerprint density at radius 2 is 1.73 bits per heavy atom. The van der Waals surface area contributed by atoms with E-state index in [1.165, 1.54) is 6.92 Å². The number of ether oxygens (including phenoxy) is 1. The largest absolute Gasteiger partial charge is 0.453 e. The maximum Gasteiger partial charge on any atom is 0.303 e. The van der Waals surface area contributed by atoms with Crippen LogP contribution in [0.3, 0.4) is 0 Å². The van der Waals surface area contributed by atoms with Crippen molar-refractivity contribution in [3.8, 4) is 0 Å². The lowest BCUT2D eigenvalue weighted by molar-refractivity contribution is -0.144. The first-order valence-corrected chi connectivity index (χ1v) is 6.37. The van der Waals surface area contributed by atoms with Crippen molar-refractivity contribution in [2.24, 2.45) is 0 Å². The summed E-state index contributed by atoms with van der Waals surface area (Å²) < 4.78 is 5.31. The average Bonchev–Trinajstić information content (AvgIpc) is 2.87. The minimum atomic E-state index is -0.252. The molecule has 0 aliphatic rings. The normalized spacial score (nSPS) is 10.5. The van der Waals surface area contributed by atoms with E-state index >= 15 is 0 Å². The monoisotopic (exact) mass is 238 g/mol. The highest BCUT2D eigenvalue weighted by Crippen LogP contribution is 2.29. The van der Waals surface area contributed by atoms with Gasteiger partial charge in [-0.1, -0.05) is 0 Å². The highest BCUT2D eigenvalue weighted by Gasteiger charge is 2.17. The summed E-state index contributed by atoms with van der Waals surface area (Å²) in [6, 6.07) is 3.96. The van der Waals surface area contributed by atoms with Gasteiger partial charge in [0.25, 0.3) is 0 Å². The molecule has 0 unspecified atom stereocenters. The zero-order valence-electron chi connectivity index (χ0n) is 8.17. The second-order valence-corrected chi connectivity index (χ2v) is 4.66. The predicted octanol–water partition coefficient (Wildman–Crippen LogP) is 3.46. The van der Waals surface area contributed by atoms with Crippen LogP contribution in [-0.2, 0) is 9.53 Å². The van der Waals surface area contributed by atoms with Gasteiger partial charge in [-0.05, 0) is 33.7 Å². The Kier molecular flexibility index (Phi) is 3.18. The minimum Gasteiger partial charge on any atom is -0.453 e. The van der Waals surface area contributed by atoms with Gasteiger partial charge in [-0.25, -0.2) is 0 Å². The standard InChI is InChI=1S/C11H10O2S2/c1-8(12)13-11(9-2-4-14-6-9)10-3-5-15-7-10/h2-7,11H,1H3. The molecule has 0 aliphatic carbocycles. The quantitative estimate of drug-likeness (QED) is 0.765. The molecule has 2 heterocycles. The Bertz CT molecular complexity index is 383. The van der Waals surface area contributed by atoms with E-state index in [0.29, 0.717) is 0 Å². The summed E-state index contributed by atoms with van der Waals surface area (Å²) in [4.78, 5) is 11.0. The first kappa shape index (κ1) is 10.4. The lowest BCUT2D eigenvalue weighted by atomic mass is 10.1. The van der Waals surface area contributed by atoms with Crippen molar-refractivity contribution in [1.82, 2.24) is 0 Å². The zero-order valence-corrected chi connectivity index (χ0v) is 9.81. The van der Waals surface area contributed by atoms with E-state index in [1.807, 2.05) is 33.7 Å². The van der Waals surface area contributed by atoms with Crippen LogP contribution in [0.15, 0.2) is 33.7 Å². The van der Waals surface area contributed by atoms with Crippen LogP contribution in [0.1, 0.15) is 24.2 Å². The summed E-state index contributed by atoms with van der Waals surface area (Å²) in [7, 11) is 0. The third kappa shape index (κ3) is 2.46. The molecule has 0 fully saturated rings. The maximum absolute atomic E-state index is 11.0. The molecule has 0 aliphatic heterocycles. The van der Waals surface area contributed by atoms with Gasteiger partial charge in [0.1, 0.15) is 0 Å². The van der Waals surface area contributed by atoms with Gasteiger partial charge >= 0.3 is 5.97 Å². The van der Waals surface area contributed by atoms with Crippen molar-refractivity contribution in [3.63, 3.8) is 0 Å². The molecule has 0 saturated heterocycles. The molecule has 78 valence electrons. The lowest BCUT2D eigenvalue weighted by Gasteiger charge is -2.14. The van der Waals surface area contributed by atoms with E-state index in [2.05, 4.69) is 0 Å². The van der Waals surface area contributed by atoms with Crippen molar-refractivity contribution < 1.29 is 9.53 Å². The van der Waals surface area contributed by atoms with Gasteiger partial charge in [0.05, 0.1) is 0 Å². The number of hydrogen-bond acceptors (Lipinski definition) is 4. The Balaban J connectivity index is 2.29. The summed E-state index contributed by atoms with van der Waals surface area (Å²) in [5.74, 6) is -0.252. The fourth-order valence-corrected chi connectivity index (χ4v) is 2.69. The first-order chi connectivity index (χ1) is 7.27. The smallest absolute Gasteiger partial charge is 0.303 e. The highest BCUT2D eigenvalue weighted by molar-refractivity contribution is 7.08. The molecule has 2 rings (SSSR count). The summed E-state index contributed by atoms with van der Waals surface area (Å²) in [5.41, 5.74) is 2.07. The SMILES string of the molecule is CC(=O)OC(c1ccsc1)c1ccsc1. The van der Waals surface area contributed by atoms with E-state index in [-0.39, 0.29) is 12.1 Å². The van der Waals surface area contributed by atoms with Crippen molar-refractivity contribution in [2.75, 3.05) is 0 Å². The molecule has 0 amide bonds. The van der Waals surface area contributed by atoms with Crippen molar-refractivity contribution >= 4 is 28.6 Å². The molecule has 0 atom stereocenters. The molecule has 0 N–H and O–H groups in total. The first-order valence-electron chi connectivity index (χ1n) is 4.49. The van der Waals surface area contributed by atoms with E-state index in [4.69, 9.17) is 4.74 Å². The molecule has 0 bridgehead atoms. The Hall–Kier alpha value is -1.13. The van der Waals surface area contributed by atoms with E-state index < -0.39 is 0 Å². The fraction of sp³-hybridized carbons (Fsp3) is 0.182.